The molecule has 0 spiro atoms. The molecule has 160 valence electrons. The van der Waals surface area contributed by atoms with Crippen molar-refractivity contribution in [3.63, 3.8) is 0 Å². The van der Waals surface area contributed by atoms with Gasteiger partial charge in [-0.1, -0.05) is 72.8 Å². The summed E-state index contributed by atoms with van der Waals surface area (Å²) in [6, 6.07) is 27.3. The van der Waals surface area contributed by atoms with E-state index in [1.165, 1.54) is 0 Å². The molecule has 0 atom stereocenters. The number of aromatic nitrogens is 2. The fraction of sp³-hybridized carbons (Fsp3) is 0.0769. The minimum Gasteiger partial charge on any atom is -0.497 e. The first-order valence-corrected chi connectivity index (χ1v) is 10.2. The van der Waals surface area contributed by atoms with Crippen molar-refractivity contribution in [3.05, 3.63) is 96.7 Å². The second-order valence-corrected chi connectivity index (χ2v) is 6.98. The lowest BCUT2D eigenvalue weighted by Gasteiger charge is -2.08. The van der Waals surface area contributed by atoms with Gasteiger partial charge in [0.1, 0.15) is 5.75 Å². The molecule has 0 fully saturated rings. The third-order valence-corrected chi connectivity index (χ3v) is 4.81. The fourth-order valence-corrected chi connectivity index (χ4v) is 3.27. The quantitative estimate of drug-likeness (QED) is 0.420. The SMILES string of the molecule is COc1cccc(C=CNC(=O)COc2n[nH]c(-c3ccccc3)c2-c2ccccc2)c1. The van der Waals surface area contributed by atoms with E-state index < -0.39 is 0 Å². The zero-order chi connectivity index (χ0) is 22.2. The van der Waals surface area contributed by atoms with Gasteiger partial charge in [0.15, 0.2) is 6.61 Å². The van der Waals surface area contributed by atoms with Crippen LogP contribution >= 0.6 is 0 Å². The molecule has 4 aromatic rings. The number of benzene rings is 3. The third kappa shape index (κ3) is 5.05. The highest BCUT2D eigenvalue weighted by Crippen LogP contribution is 2.37. The maximum absolute atomic E-state index is 12.3. The topological polar surface area (TPSA) is 76.2 Å². The average Bonchev–Trinajstić information content (AvgIpc) is 3.28. The number of methoxy groups -OCH3 is 1. The van der Waals surface area contributed by atoms with Gasteiger partial charge in [-0.3, -0.25) is 9.89 Å². The van der Waals surface area contributed by atoms with Crippen molar-refractivity contribution in [2.24, 2.45) is 0 Å². The van der Waals surface area contributed by atoms with E-state index >= 15 is 0 Å². The summed E-state index contributed by atoms with van der Waals surface area (Å²) in [5.74, 6) is 0.845. The summed E-state index contributed by atoms with van der Waals surface area (Å²) in [5, 5.41) is 10.1. The number of ether oxygens (including phenoxy) is 2. The van der Waals surface area contributed by atoms with Crippen LogP contribution in [0.25, 0.3) is 28.5 Å². The van der Waals surface area contributed by atoms with Gasteiger partial charge in [0.25, 0.3) is 5.91 Å². The van der Waals surface area contributed by atoms with Gasteiger partial charge in [-0.2, -0.15) is 0 Å². The number of aromatic amines is 1. The molecule has 6 nitrogen and oxygen atoms in total. The molecular formula is C26H23N3O3. The van der Waals surface area contributed by atoms with E-state index in [-0.39, 0.29) is 12.5 Å². The number of amides is 1. The zero-order valence-corrected chi connectivity index (χ0v) is 17.6. The maximum Gasteiger partial charge on any atom is 0.261 e. The number of carbonyl (C=O) groups excluding carboxylic acids is 1. The summed E-state index contributed by atoms with van der Waals surface area (Å²) in [5.41, 5.74) is 4.51. The zero-order valence-electron chi connectivity index (χ0n) is 17.6. The van der Waals surface area contributed by atoms with Crippen molar-refractivity contribution in [1.82, 2.24) is 15.5 Å². The normalized spacial score (nSPS) is 10.8. The summed E-state index contributed by atoms with van der Waals surface area (Å²) in [6.07, 6.45) is 3.37. The Kier molecular flexibility index (Phi) is 6.63. The van der Waals surface area contributed by atoms with Crippen LogP contribution in [0.2, 0.25) is 0 Å². The number of H-pyrrole nitrogens is 1. The molecule has 0 saturated carbocycles. The van der Waals surface area contributed by atoms with Crippen LogP contribution in [-0.4, -0.2) is 29.8 Å². The van der Waals surface area contributed by atoms with Crippen molar-refractivity contribution < 1.29 is 14.3 Å². The summed E-state index contributed by atoms with van der Waals surface area (Å²) in [7, 11) is 1.61. The van der Waals surface area contributed by atoms with E-state index in [9.17, 15) is 4.79 Å². The van der Waals surface area contributed by atoms with Crippen molar-refractivity contribution >= 4 is 12.0 Å². The smallest absolute Gasteiger partial charge is 0.261 e. The molecule has 32 heavy (non-hydrogen) atoms. The summed E-state index contributed by atoms with van der Waals surface area (Å²) >= 11 is 0. The lowest BCUT2D eigenvalue weighted by atomic mass is 10.0. The molecule has 0 aliphatic carbocycles. The molecule has 1 heterocycles. The van der Waals surface area contributed by atoms with Gasteiger partial charge in [0, 0.05) is 11.8 Å². The first-order chi connectivity index (χ1) is 15.7. The Morgan fingerprint density at radius 1 is 0.969 bits per heavy atom. The van der Waals surface area contributed by atoms with Crippen LogP contribution in [0.3, 0.4) is 0 Å². The van der Waals surface area contributed by atoms with Gasteiger partial charge in [0.2, 0.25) is 5.88 Å². The molecule has 0 aliphatic heterocycles. The fourth-order valence-electron chi connectivity index (χ4n) is 3.27. The molecule has 0 saturated heterocycles. The van der Waals surface area contributed by atoms with Crippen LogP contribution in [0.5, 0.6) is 11.6 Å². The van der Waals surface area contributed by atoms with E-state index in [0.29, 0.717) is 5.88 Å². The Balaban J connectivity index is 1.46. The van der Waals surface area contributed by atoms with Gasteiger partial charge < -0.3 is 14.8 Å². The molecule has 3 aromatic carbocycles. The minimum atomic E-state index is -0.285. The lowest BCUT2D eigenvalue weighted by molar-refractivity contribution is -0.122. The van der Waals surface area contributed by atoms with Gasteiger partial charge in [-0.15, -0.1) is 5.10 Å². The molecule has 1 amide bonds. The minimum absolute atomic E-state index is 0.165. The van der Waals surface area contributed by atoms with Gasteiger partial charge in [-0.05, 0) is 29.3 Å². The molecular weight excluding hydrogens is 402 g/mol. The van der Waals surface area contributed by atoms with Gasteiger partial charge in [-0.25, -0.2) is 0 Å². The molecule has 2 N–H and O–H groups in total. The molecule has 1 aromatic heterocycles. The second-order valence-electron chi connectivity index (χ2n) is 6.98. The van der Waals surface area contributed by atoms with E-state index in [1.54, 1.807) is 19.4 Å². The largest absolute Gasteiger partial charge is 0.497 e. The molecule has 0 bridgehead atoms. The number of carbonyl (C=O) groups is 1. The Hall–Kier alpha value is -4.32. The highest BCUT2D eigenvalue weighted by molar-refractivity contribution is 5.85. The van der Waals surface area contributed by atoms with Crippen molar-refractivity contribution in [1.29, 1.82) is 0 Å². The van der Waals surface area contributed by atoms with Crippen LogP contribution in [0, 0.1) is 0 Å². The monoisotopic (exact) mass is 425 g/mol. The Morgan fingerprint density at radius 2 is 1.69 bits per heavy atom. The molecule has 0 aliphatic rings. The average molecular weight is 425 g/mol. The van der Waals surface area contributed by atoms with Crippen molar-refractivity contribution in [2.45, 2.75) is 0 Å². The second kappa shape index (κ2) is 10.1. The summed E-state index contributed by atoms with van der Waals surface area (Å²) < 4.78 is 11.0. The predicted molar refractivity (Wildman–Crippen MR) is 125 cm³/mol. The van der Waals surface area contributed by atoms with E-state index in [1.807, 2.05) is 84.9 Å². The maximum atomic E-state index is 12.3. The first-order valence-electron chi connectivity index (χ1n) is 10.2. The van der Waals surface area contributed by atoms with Crippen LogP contribution in [0.15, 0.2) is 91.1 Å². The van der Waals surface area contributed by atoms with Crippen molar-refractivity contribution in [3.8, 4) is 34.0 Å². The lowest BCUT2D eigenvalue weighted by Crippen LogP contribution is -2.24. The van der Waals surface area contributed by atoms with Crippen molar-refractivity contribution in [2.75, 3.05) is 13.7 Å². The van der Waals surface area contributed by atoms with Crippen LogP contribution < -0.4 is 14.8 Å². The third-order valence-electron chi connectivity index (χ3n) is 4.81. The summed E-state index contributed by atoms with van der Waals surface area (Å²) in [6.45, 7) is -0.165. The Labute approximate surface area is 186 Å². The van der Waals surface area contributed by atoms with Crippen LogP contribution in [-0.2, 0) is 4.79 Å². The van der Waals surface area contributed by atoms with Crippen LogP contribution in [0.4, 0.5) is 0 Å². The van der Waals surface area contributed by atoms with Gasteiger partial charge >= 0.3 is 0 Å². The van der Waals surface area contributed by atoms with E-state index in [4.69, 9.17) is 9.47 Å². The molecule has 0 radical (unpaired) electrons. The Morgan fingerprint density at radius 3 is 2.41 bits per heavy atom. The highest BCUT2D eigenvalue weighted by atomic mass is 16.5. The molecule has 0 unspecified atom stereocenters. The van der Waals surface area contributed by atoms with Gasteiger partial charge in [0.05, 0.1) is 18.4 Å². The number of nitrogens with one attached hydrogen (secondary N) is 2. The summed E-state index contributed by atoms with van der Waals surface area (Å²) in [4.78, 5) is 12.3. The standard InChI is InChI=1S/C26H23N3O3/c1-31-22-14-8-9-19(17-22)15-16-27-23(30)18-32-26-24(20-10-4-2-5-11-20)25(28-29-26)21-12-6-3-7-13-21/h2-17H,18H2,1H3,(H,27,30)(H,28,29). The molecule has 4 rings (SSSR count). The number of hydrogen-bond acceptors (Lipinski definition) is 4. The van der Waals surface area contributed by atoms with E-state index in [0.717, 1.165) is 33.7 Å². The van der Waals surface area contributed by atoms with Crippen LogP contribution in [0.1, 0.15) is 5.56 Å². The Bertz CT molecular complexity index is 1200. The molecule has 6 heteroatoms. The number of rotatable bonds is 8. The number of nitrogens with zero attached hydrogens (tertiary/aromatic N) is 1. The highest BCUT2D eigenvalue weighted by Gasteiger charge is 2.18. The predicted octanol–water partition coefficient (Wildman–Crippen LogP) is 4.92. The number of hydrogen-bond donors (Lipinski definition) is 2. The first kappa shape index (κ1) is 20.9. The van der Waals surface area contributed by atoms with E-state index in [2.05, 4.69) is 15.5 Å².